The highest BCUT2D eigenvalue weighted by atomic mass is 16.5. The van der Waals surface area contributed by atoms with Gasteiger partial charge in [-0.1, -0.05) is 30.3 Å². The zero-order chi connectivity index (χ0) is 11.9. The van der Waals surface area contributed by atoms with Crippen molar-refractivity contribution in [3.05, 3.63) is 35.9 Å². The fraction of sp³-hybridized carbons (Fsp3) is 0.500. The molecule has 1 aliphatic heterocycles. The van der Waals surface area contributed by atoms with Crippen molar-refractivity contribution in [3.8, 4) is 0 Å². The molecule has 1 fully saturated rings. The molecule has 1 aliphatic rings. The molecular weight excluding hydrogens is 214 g/mol. The summed E-state index contributed by atoms with van der Waals surface area (Å²) in [5.74, 6) is 0.572. The fourth-order valence-electron chi connectivity index (χ4n) is 2.07. The van der Waals surface area contributed by atoms with Crippen LogP contribution in [-0.4, -0.2) is 25.7 Å². The quantitative estimate of drug-likeness (QED) is 0.841. The molecule has 1 aromatic rings. The summed E-state index contributed by atoms with van der Waals surface area (Å²) in [6.45, 7) is 2.27. The van der Waals surface area contributed by atoms with E-state index in [0.29, 0.717) is 12.3 Å². The summed E-state index contributed by atoms with van der Waals surface area (Å²) >= 11 is 0. The van der Waals surface area contributed by atoms with Crippen molar-refractivity contribution in [2.75, 3.05) is 19.8 Å². The van der Waals surface area contributed by atoms with Crippen LogP contribution in [0.4, 0.5) is 0 Å². The zero-order valence-corrected chi connectivity index (χ0v) is 10.0. The van der Waals surface area contributed by atoms with Gasteiger partial charge in [-0.05, 0) is 24.3 Å². The van der Waals surface area contributed by atoms with Gasteiger partial charge in [-0.3, -0.25) is 4.79 Å². The SMILES string of the molecule is O=C(C[C@@H]1CCOC1)NCCc1ccccc1. The van der Waals surface area contributed by atoms with E-state index in [1.54, 1.807) is 0 Å². The van der Waals surface area contributed by atoms with Crippen LogP contribution < -0.4 is 5.32 Å². The molecule has 1 heterocycles. The van der Waals surface area contributed by atoms with Gasteiger partial charge in [0, 0.05) is 26.2 Å². The predicted octanol–water partition coefficient (Wildman–Crippen LogP) is 1.77. The van der Waals surface area contributed by atoms with Gasteiger partial charge in [0.1, 0.15) is 0 Å². The van der Waals surface area contributed by atoms with Crippen molar-refractivity contribution in [1.82, 2.24) is 5.32 Å². The number of rotatable bonds is 5. The van der Waals surface area contributed by atoms with Crippen LogP contribution in [0, 0.1) is 5.92 Å². The molecule has 0 aliphatic carbocycles. The second kappa shape index (κ2) is 6.40. The highest BCUT2D eigenvalue weighted by Crippen LogP contribution is 2.15. The van der Waals surface area contributed by atoms with Crippen molar-refractivity contribution in [3.63, 3.8) is 0 Å². The van der Waals surface area contributed by atoms with E-state index >= 15 is 0 Å². The lowest BCUT2D eigenvalue weighted by molar-refractivity contribution is -0.122. The van der Waals surface area contributed by atoms with Crippen molar-refractivity contribution < 1.29 is 9.53 Å². The Morgan fingerprint density at radius 1 is 1.35 bits per heavy atom. The summed E-state index contributed by atoms with van der Waals surface area (Å²) in [6.07, 6.45) is 2.52. The van der Waals surface area contributed by atoms with Gasteiger partial charge in [-0.15, -0.1) is 0 Å². The molecule has 0 aromatic heterocycles. The number of ether oxygens (including phenoxy) is 1. The minimum atomic E-state index is 0.149. The summed E-state index contributed by atoms with van der Waals surface area (Å²) in [5, 5.41) is 2.96. The van der Waals surface area contributed by atoms with Gasteiger partial charge in [-0.2, -0.15) is 0 Å². The van der Waals surface area contributed by atoms with Gasteiger partial charge in [0.15, 0.2) is 0 Å². The third-order valence-electron chi connectivity index (χ3n) is 3.08. The molecule has 1 N–H and O–H groups in total. The first kappa shape index (κ1) is 12.1. The molecule has 0 spiro atoms. The molecule has 1 aromatic carbocycles. The second-order valence-corrected chi connectivity index (χ2v) is 4.52. The summed E-state index contributed by atoms with van der Waals surface area (Å²) < 4.78 is 5.25. The Labute approximate surface area is 102 Å². The molecule has 17 heavy (non-hydrogen) atoms. The fourth-order valence-corrected chi connectivity index (χ4v) is 2.07. The number of benzene rings is 1. The average molecular weight is 233 g/mol. The standard InChI is InChI=1S/C14H19NO2/c16-14(10-13-7-9-17-11-13)15-8-6-12-4-2-1-3-5-12/h1-5,13H,6-11H2,(H,15,16)/t13-/m0/s1. The molecule has 3 nitrogen and oxygen atoms in total. The average Bonchev–Trinajstić information content (AvgIpc) is 2.83. The topological polar surface area (TPSA) is 38.3 Å². The lowest BCUT2D eigenvalue weighted by atomic mass is 10.0. The van der Waals surface area contributed by atoms with Gasteiger partial charge in [0.05, 0.1) is 0 Å². The third kappa shape index (κ3) is 4.19. The predicted molar refractivity (Wildman–Crippen MR) is 66.7 cm³/mol. The monoisotopic (exact) mass is 233 g/mol. The first-order valence-electron chi connectivity index (χ1n) is 6.23. The first-order valence-corrected chi connectivity index (χ1v) is 6.23. The Morgan fingerprint density at radius 2 is 2.18 bits per heavy atom. The lowest BCUT2D eigenvalue weighted by Crippen LogP contribution is -2.27. The maximum absolute atomic E-state index is 11.6. The second-order valence-electron chi connectivity index (χ2n) is 4.52. The zero-order valence-electron chi connectivity index (χ0n) is 10.0. The summed E-state index contributed by atoms with van der Waals surface area (Å²) in [6, 6.07) is 10.2. The van der Waals surface area contributed by atoms with Crippen LogP contribution in [0.3, 0.4) is 0 Å². The van der Waals surface area contributed by atoms with E-state index in [0.717, 1.165) is 32.6 Å². The van der Waals surface area contributed by atoms with Gasteiger partial charge in [0.2, 0.25) is 5.91 Å². The highest BCUT2D eigenvalue weighted by Gasteiger charge is 2.18. The number of hydrogen-bond donors (Lipinski definition) is 1. The molecule has 0 radical (unpaired) electrons. The number of amides is 1. The van der Waals surface area contributed by atoms with E-state index in [1.165, 1.54) is 5.56 Å². The Hall–Kier alpha value is -1.35. The molecule has 3 heteroatoms. The molecule has 2 rings (SSSR count). The minimum absolute atomic E-state index is 0.149. The third-order valence-corrected chi connectivity index (χ3v) is 3.08. The van der Waals surface area contributed by atoms with E-state index in [-0.39, 0.29) is 5.91 Å². The van der Waals surface area contributed by atoms with E-state index in [9.17, 15) is 4.79 Å². The van der Waals surface area contributed by atoms with Gasteiger partial charge in [0.25, 0.3) is 0 Å². The number of carbonyl (C=O) groups is 1. The Morgan fingerprint density at radius 3 is 2.88 bits per heavy atom. The normalized spacial score (nSPS) is 19.2. The molecule has 92 valence electrons. The first-order chi connectivity index (χ1) is 8.34. The van der Waals surface area contributed by atoms with Crippen LogP contribution in [0.25, 0.3) is 0 Å². The molecule has 0 unspecified atom stereocenters. The molecule has 0 saturated carbocycles. The van der Waals surface area contributed by atoms with Crippen LogP contribution in [0.5, 0.6) is 0 Å². The van der Waals surface area contributed by atoms with Gasteiger partial charge in [-0.25, -0.2) is 0 Å². The molecule has 1 amide bonds. The molecular formula is C14H19NO2. The highest BCUT2D eigenvalue weighted by molar-refractivity contribution is 5.76. The number of carbonyl (C=O) groups excluding carboxylic acids is 1. The number of nitrogens with one attached hydrogen (secondary N) is 1. The molecule has 1 atom stereocenters. The lowest BCUT2D eigenvalue weighted by Gasteiger charge is -2.08. The molecule has 0 bridgehead atoms. The van der Waals surface area contributed by atoms with Gasteiger partial charge >= 0.3 is 0 Å². The maximum Gasteiger partial charge on any atom is 0.220 e. The molecule has 1 saturated heterocycles. The number of hydrogen-bond acceptors (Lipinski definition) is 2. The van der Waals surface area contributed by atoms with E-state index < -0.39 is 0 Å². The van der Waals surface area contributed by atoms with Crippen LogP contribution in [-0.2, 0) is 16.0 Å². The largest absolute Gasteiger partial charge is 0.381 e. The van der Waals surface area contributed by atoms with Crippen molar-refractivity contribution >= 4 is 5.91 Å². The minimum Gasteiger partial charge on any atom is -0.381 e. The maximum atomic E-state index is 11.6. The van der Waals surface area contributed by atoms with Crippen molar-refractivity contribution in [1.29, 1.82) is 0 Å². The van der Waals surface area contributed by atoms with Crippen LogP contribution >= 0.6 is 0 Å². The van der Waals surface area contributed by atoms with Crippen LogP contribution in [0.1, 0.15) is 18.4 Å². The smallest absolute Gasteiger partial charge is 0.220 e. The Kier molecular flexibility index (Phi) is 4.56. The summed E-state index contributed by atoms with van der Waals surface area (Å²) in [5.41, 5.74) is 1.26. The van der Waals surface area contributed by atoms with E-state index in [1.807, 2.05) is 18.2 Å². The summed E-state index contributed by atoms with van der Waals surface area (Å²) in [4.78, 5) is 11.6. The van der Waals surface area contributed by atoms with Crippen LogP contribution in [0.15, 0.2) is 30.3 Å². The van der Waals surface area contributed by atoms with Crippen LogP contribution in [0.2, 0.25) is 0 Å². The van der Waals surface area contributed by atoms with Gasteiger partial charge < -0.3 is 10.1 Å². The van der Waals surface area contributed by atoms with E-state index in [2.05, 4.69) is 17.4 Å². The van der Waals surface area contributed by atoms with Crippen molar-refractivity contribution in [2.45, 2.75) is 19.3 Å². The van der Waals surface area contributed by atoms with E-state index in [4.69, 9.17) is 4.74 Å². The Balaban J connectivity index is 1.63. The summed E-state index contributed by atoms with van der Waals surface area (Å²) in [7, 11) is 0. The van der Waals surface area contributed by atoms with Crippen molar-refractivity contribution in [2.24, 2.45) is 5.92 Å². The Bertz CT molecular complexity index is 344.